The van der Waals surface area contributed by atoms with Crippen molar-refractivity contribution in [2.24, 2.45) is 10.9 Å². The van der Waals surface area contributed by atoms with E-state index in [4.69, 9.17) is 9.73 Å². The molecular formula is C25H24N2O2S. The number of thiophene rings is 1. The van der Waals surface area contributed by atoms with Crippen LogP contribution in [0.4, 0.5) is 11.4 Å². The molecule has 0 unspecified atom stereocenters. The highest BCUT2D eigenvalue weighted by molar-refractivity contribution is 7.10. The van der Waals surface area contributed by atoms with Gasteiger partial charge in [-0.2, -0.15) is 0 Å². The van der Waals surface area contributed by atoms with Gasteiger partial charge in [0.1, 0.15) is 11.5 Å². The normalized spacial score (nSPS) is 22.9. The molecule has 0 amide bonds. The summed E-state index contributed by atoms with van der Waals surface area (Å²) in [7, 11) is 1.67. The number of aryl methyl sites for hydroxylation is 1. The number of anilines is 1. The number of nitrogens with zero attached hydrogens (tertiary/aromatic N) is 1. The summed E-state index contributed by atoms with van der Waals surface area (Å²) in [6, 6.07) is 18.4. The number of Topliss-reactive ketones (excluding diaryl/α,β-unsaturated/α-hetero) is 1. The summed E-state index contributed by atoms with van der Waals surface area (Å²) >= 11 is 1.69. The maximum Gasteiger partial charge on any atom is 0.144 e. The lowest BCUT2D eigenvalue weighted by Gasteiger charge is -2.33. The fourth-order valence-electron chi connectivity index (χ4n) is 4.58. The summed E-state index contributed by atoms with van der Waals surface area (Å²) < 4.78 is 5.29. The van der Waals surface area contributed by atoms with Crippen LogP contribution in [-0.4, -0.2) is 18.6 Å². The lowest BCUT2D eigenvalue weighted by Crippen LogP contribution is -2.38. The van der Waals surface area contributed by atoms with Crippen molar-refractivity contribution < 1.29 is 9.53 Å². The van der Waals surface area contributed by atoms with Gasteiger partial charge in [0.2, 0.25) is 0 Å². The number of rotatable bonds is 3. The maximum absolute atomic E-state index is 13.5. The Hall–Kier alpha value is -2.92. The van der Waals surface area contributed by atoms with Crippen molar-refractivity contribution in [3.63, 3.8) is 0 Å². The predicted molar refractivity (Wildman–Crippen MR) is 122 cm³/mol. The van der Waals surface area contributed by atoms with Crippen LogP contribution >= 0.6 is 11.3 Å². The minimum atomic E-state index is -0.231. The summed E-state index contributed by atoms with van der Waals surface area (Å²) in [6.07, 6.45) is 1.33. The number of fused-ring (bicyclic) bond motifs is 2. The number of ketones is 1. The van der Waals surface area contributed by atoms with Crippen LogP contribution < -0.4 is 10.1 Å². The number of methoxy groups -OCH3 is 1. The Morgan fingerprint density at radius 2 is 1.93 bits per heavy atom. The van der Waals surface area contributed by atoms with Gasteiger partial charge in [-0.1, -0.05) is 24.3 Å². The van der Waals surface area contributed by atoms with Crippen LogP contribution in [0.5, 0.6) is 5.75 Å². The molecule has 3 atom stereocenters. The lowest BCUT2D eigenvalue weighted by atomic mass is 9.73. The van der Waals surface area contributed by atoms with Crippen molar-refractivity contribution in [1.82, 2.24) is 0 Å². The van der Waals surface area contributed by atoms with E-state index < -0.39 is 0 Å². The average Bonchev–Trinajstić information content (AvgIpc) is 3.23. The largest absolute Gasteiger partial charge is 0.497 e. The van der Waals surface area contributed by atoms with E-state index in [9.17, 15) is 4.79 Å². The number of carbonyl (C=O) groups excluding carboxylic acids is 1. The molecule has 5 heteroatoms. The number of hydrogen-bond donors (Lipinski definition) is 1. The molecular weight excluding hydrogens is 392 g/mol. The minimum Gasteiger partial charge on any atom is -0.497 e. The van der Waals surface area contributed by atoms with Gasteiger partial charge in [-0.05, 0) is 66.1 Å². The highest BCUT2D eigenvalue weighted by Gasteiger charge is 2.42. The van der Waals surface area contributed by atoms with E-state index >= 15 is 0 Å². The molecule has 1 N–H and O–H groups in total. The maximum atomic E-state index is 13.5. The first kappa shape index (κ1) is 19.1. The van der Waals surface area contributed by atoms with Gasteiger partial charge in [0.25, 0.3) is 0 Å². The van der Waals surface area contributed by atoms with Crippen molar-refractivity contribution in [3.8, 4) is 5.75 Å². The van der Waals surface area contributed by atoms with E-state index in [1.165, 1.54) is 16.0 Å². The zero-order chi connectivity index (χ0) is 20.7. The molecule has 1 saturated carbocycles. The average molecular weight is 417 g/mol. The number of nitrogens with one attached hydrogen (secondary N) is 1. The Morgan fingerprint density at radius 3 is 2.67 bits per heavy atom. The number of benzene rings is 2. The Morgan fingerprint density at radius 1 is 1.10 bits per heavy atom. The van der Waals surface area contributed by atoms with Crippen LogP contribution in [0.2, 0.25) is 0 Å². The fourth-order valence-corrected chi connectivity index (χ4v) is 5.40. The third-order valence-corrected chi connectivity index (χ3v) is 7.06. The first-order valence-corrected chi connectivity index (χ1v) is 11.1. The third kappa shape index (κ3) is 3.43. The Kier molecular flexibility index (Phi) is 4.91. The molecule has 0 bridgehead atoms. The molecule has 1 aliphatic heterocycles. The summed E-state index contributed by atoms with van der Waals surface area (Å²) in [5, 5.41) is 5.73. The quantitative estimate of drug-likeness (QED) is 0.564. The summed E-state index contributed by atoms with van der Waals surface area (Å²) in [5.74, 6) is 1.01. The second-order valence-electron chi connectivity index (χ2n) is 8.08. The molecule has 2 aliphatic rings. The molecule has 4 nitrogen and oxygen atoms in total. The molecule has 1 aromatic heterocycles. The highest BCUT2D eigenvalue weighted by atomic mass is 32.1. The Labute approximate surface area is 180 Å². The topological polar surface area (TPSA) is 50.7 Å². The summed E-state index contributed by atoms with van der Waals surface area (Å²) in [5.41, 5.74) is 5.26. The highest BCUT2D eigenvalue weighted by Crippen LogP contribution is 2.45. The van der Waals surface area contributed by atoms with Gasteiger partial charge in [0.15, 0.2) is 0 Å². The second-order valence-corrected chi connectivity index (χ2v) is 9.06. The van der Waals surface area contributed by atoms with E-state index in [0.717, 1.165) is 29.3 Å². The summed E-state index contributed by atoms with van der Waals surface area (Å²) in [6.45, 7) is 2.08. The van der Waals surface area contributed by atoms with Crippen LogP contribution in [0.3, 0.4) is 0 Å². The molecule has 0 radical (unpaired) electrons. The Balaban J connectivity index is 1.56. The number of aliphatic imine (C=N–C) groups is 1. The zero-order valence-electron chi connectivity index (χ0n) is 17.1. The van der Waals surface area contributed by atoms with Gasteiger partial charge in [0, 0.05) is 17.0 Å². The molecule has 3 aromatic rings. The van der Waals surface area contributed by atoms with Gasteiger partial charge in [-0.3, -0.25) is 9.79 Å². The SMILES string of the molecule is COc1ccc([C@@H]2CC(=O)[C@@H]3C(=Nc4ccc(C)cc4N[C@H]3c3cccs3)C2)cc1. The molecule has 30 heavy (non-hydrogen) atoms. The van der Waals surface area contributed by atoms with Crippen LogP contribution in [0.1, 0.15) is 40.8 Å². The van der Waals surface area contributed by atoms with Crippen molar-refractivity contribution in [1.29, 1.82) is 0 Å². The van der Waals surface area contributed by atoms with Crippen LogP contribution in [0, 0.1) is 12.8 Å². The summed E-state index contributed by atoms with van der Waals surface area (Å²) in [4.78, 5) is 19.7. The van der Waals surface area contributed by atoms with Crippen molar-refractivity contribution in [2.75, 3.05) is 12.4 Å². The molecule has 0 saturated heterocycles. The molecule has 2 heterocycles. The first-order chi connectivity index (χ1) is 14.6. The van der Waals surface area contributed by atoms with Gasteiger partial charge in [-0.15, -0.1) is 11.3 Å². The molecule has 2 aromatic carbocycles. The molecule has 5 rings (SSSR count). The first-order valence-electron chi connectivity index (χ1n) is 10.3. The van der Waals surface area contributed by atoms with Crippen molar-refractivity contribution in [2.45, 2.75) is 31.7 Å². The van der Waals surface area contributed by atoms with Gasteiger partial charge < -0.3 is 10.1 Å². The van der Waals surface area contributed by atoms with E-state index in [2.05, 4.69) is 54.0 Å². The van der Waals surface area contributed by atoms with Gasteiger partial charge in [0.05, 0.1) is 30.4 Å². The van der Waals surface area contributed by atoms with Gasteiger partial charge >= 0.3 is 0 Å². The van der Waals surface area contributed by atoms with Crippen LogP contribution in [0.25, 0.3) is 0 Å². The monoisotopic (exact) mass is 416 g/mol. The van der Waals surface area contributed by atoms with Crippen molar-refractivity contribution >= 4 is 34.2 Å². The van der Waals surface area contributed by atoms with Crippen molar-refractivity contribution in [3.05, 3.63) is 76.0 Å². The second kappa shape index (κ2) is 7.73. The third-order valence-electron chi connectivity index (χ3n) is 6.11. The Bertz CT molecular complexity index is 1100. The number of carbonyl (C=O) groups is 1. The molecule has 152 valence electrons. The molecule has 1 aliphatic carbocycles. The van der Waals surface area contributed by atoms with Gasteiger partial charge in [-0.25, -0.2) is 0 Å². The smallest absolute Gasteiger partial charge is 0.144 e. The molecule has 0 spiro atoms. The van der Waals surface area contributed by atoms with E-state index in [1.54, 1.807) is 18.4 Å². The minimum absolute atomic E-state index is 0.0730. The predicted octanol–water partition coefficient (Wildman–Crippen LogP) is 6.07. The number of ether oxygens (including phenoxy) is 1. The van der Waals surface area contributed by atoms with Crippen LogP contribution in [-0.2, 0) is 4.79 Å². The van der Waals surface area contributed by atoms with E-state index in [-0.39, 0.29) is 23.7 Å². The van der Waals surface area contributed by atoms with E-state index in [1.807, 2.05) is 18.2 Å². The molecule has 1 fully saturated rings. The van der Waals surface area contributed by atoms with Crippen LogP contribution in [0.15, 0.2) is 65.0 Å². The number of hydrogen-bond acceptors (Lipinski definition) is 5. The van der Waals surface area contributed by atoms with E-state index in [0.29, 0.717) is 6.42 Å². The standard InChI is InChI=1S/C25H24N2O2S/c1-15-5-10-19-20(12-15)27-25(23-4-3-11-30-23)24-21(26-19)13-17(14-22(24)28)16-6-8-18(29-2)9-7-16/h3-12,17,24-25,27H,13-14H2,1-2H3/t17-,24-,25-/m0/s1. The fraction of sp³-hybridized carbons (Fsp3) is 0.280. The zero-order valence-corrected chi connectivity index (χ0v) is 17.9. The lowest BCUT2D eigenvalue weighted by molar-refractivity contribution is -0.122.